The minimum absolute atomic E-state index is 0.0309. The molecule has 0 bridgehead atoms. The largest absolute Gasteiger partial charge is 0.372 e. The van der Waals surface area contributed by atoms with Gasteiger partial charge in [0.15, 0.2) is 9.84 Å². The molecule has 0 fully saturated rings. The Balaban J connectivity index is 2.71. The van der Waals surface area contributed by atoms with Gasteiger partial charge in [-0.15, -0.1) is 0 Å². The monoisotopic (exact) mass is 299 g/mol. The zero-order valence-electron chi connectivity index (χ0n) is 12.0. The third kappa shape index (κ3) is 4.61. The van der Waals surface area contributed by atoms with E-state index in [1.54, 1.807) is 31.2 Å². The molecule has 0 heterocycles. The van der Waals surface area contributed by atoms with Crippen LogP contribution in [-0.2, 0) is 19.4 Å². The summed E-state index contributed by atoms with van der Waals surface area (Å²) in [6, 6.07) is 6.38. The normalized spacial score (nSPS) is 12.9. The van der Waals surface area contributed by atoms with Crippen molar-refractivity contribution in [1.82, 2.24) is 5.32 Å². The number of carbonyl (C=O) groups is 1. The smallest absolute Gasteiger partial charge is 0.246 e. The van der Waals surface area contributed by atoms with Gasteiger partial charge in [0, 0.05) is 6.61 Å². The molecule has 1 unspecified atom stereocenters. The van der Waals surface area contributed by atoms with Crippen LogP contribution >= 0.6 is 0 Å². The van der Waals surface area contributed by atoms with E-state index in [9.17, 15) is 13.2 Å². The zero-order chi connectivity index (χ0) is 15.2. The van der Waals surface area contributed by atoms with Crippen molar-refractivity contribution in [3.05, 3.63) is 29.8 Å². The van der Waals surface area contributed by atoms with Crippen LogP contribution in [-0.4, -0.2) is 33.3 Å². The number of amides is 1. The molecule has 112 valence electrons. The Labute approximate surface area is 120 Å². The topological polar surface area (TPSA) is 72.5 Å². The Hall–Kier alpha value is -1.40. The first-order chi connectivity index (χ1) is 9.40. The fraction of sp³-hybridized carbons (Fsp3) is 0.500. The summed E-state index contributed by atoms with van der Waals surface area (Å²) in [5.41, 5.74) is 0.852. The van der Waals surface area contributed by atoms with Gasteiger partial charge in [-0.05, 0) is 31.5 Å². The second-order valence-electron chi connectivity index (χ2n) is 4.40. The molecule has 0 aliphatic heterocycles. The van der Waals surface area contributed by atoms with Crippen molar-refractivity contribution in [2.45, 2.75) is 31.7 Å². The van der Waals surface area contributed by atoms with Crippen LogP contribution < -0.4 is 5.32 Å². The van der Waals surface area contributed by atoms with Crippen LogP contribution in [0.3, 0.4) is 0 Å². The predicted octanol–water partition coefficient (Wildman–Crippen LogP) is 1.69. The lowest BCUT2D eigenvalue weighted by Crippen LogP contribution is -2.30. The van der Waals surface area contributed by atoms with Crippen LogP contribution in [0.1, 0.15) is 32.4 Å². The summed E-state index contributed by atoms with van der Waals surface area (Å²) in [7, 11) is -3.18. The number of nitrogens with one attached hydrogen (secondary N) is 1. The maximum Gasteiger partial charge on any atom is 0.246 e. The van der Waals surface area contributed by atoms with Gasteiger partial charge in [0.05, 0.1) is 16.7 Å². The van der Waals surface area contributed by atoms with Gasteiger partial charge in [0.2, 0.25) is 5.91 Å². The highest BCUT2D eigenvalue weighted by molar-refractivity contribution is 7.91. The lowest BCUT2D eigenvalue weighted by molar-refractivity contribution is -0.126. The average Bonchev–Trinajstić information content (AvgIpc) is 2.45. The van der Waals surface area contributed by atoms with E-state index in [-0.39, 0.29) is 24.3 Å². The lowest BCUT2D eigenvalue weighted by Gasteiger charge is -2.14. The average molecular weight is 299 g/mol. The summed E-state index contributed by atoms with van der Waals surface area (Å²) in [4.78, 5) is 11.8. The third-order valence-electron chi connectivity index (χ3n) is 2.93. The second-order valence-corrected chi connectivity index (χ2v) is 6.68. The number of hydrogen-bond donors (Lipinski definition) is 1. The maximum absolute atomic E-state index is 11.7. The molecule has 1 N–H and O–H groups in total. The van der Waals surface area contributed by atoms with E-state index in [2.05, 4.69) is 5.32 Å². The summed E-state index contributed by atoms with van der Waals surface area (Å²) >= 11 is 0. The molecule has 0 spiro atoms. The number of rotatable bonds is 7. The highest BCUT2D eigenvalue weighted by Crippen LogP contribution is 2.17. The van der Waals surface area contributed by atoms with Crippen molar-refractivity contribution in [3.8, 4) is 0 Å². The van der Waals surface area contributed by atoms with Gasteiger partial charge in [-0.2, -0.15) is 0 Å². The second kappa shape index (κ2) is 7.40. The SMILES string of the molecule is CCOCC(=O)NC(C)c1ccc(S(=O)(=O)CC)cc1. The molecule has 0 saturated heterocycles. The minimum Gasteiger partial charge on any atom is -0.372 e. The van der Waals surface area contributed by atoms with E-state index in [1.807, 2.05) is 13.8 Å². The Morgan fingerprint density at radius 1 is 1.25 bits per heavy atom. The van der Waals surface area contributed by atoms with Crippen molar-refractivity contribution in [2.75, 3.05) is 19.0 Å². The highest BCUT2D eigenvalue weighted by Gasteiger charge is 2.13. The van der Waals surface area contributed by atoms with E-state index in [4.69, 9.17) is 4.74 Å². The fourth-order valence-electron chi connectivity index (χ4n) is 1.69. The van der Waals surface area contributed by atoms with Gasteiger partial charge in [0.25, 0.3) is 0 Å². The van der Waals surface area contributed by atoms with Gasteiger partial charge in [-0.25, -0.2) is 8.42 Å². The number of benzene rings is 1. The quantitative estimate of drug-likeness (QED) is 0.831. The number of carbonyl (C=O) groups excluding carboxylic acids is 1. The summed E-state index contributed by atoms with van der Waals surface area (Å²) in [5, 5.41) is 2.79. The molecule has 20 heavy (non-hydrogen) atoms. The van der Waals surface area contributed by atoms with Gasteiger partial charge in [-0.3, -0.25) is 4.79 Å². The van der Waals surface area contributed by atoms with Crippen LogP contribution in [0.2, 0.25) is 0 Å². The zero-order valence-corrected chi connectivity index (χ0v) is 12.9. The molecule has 0 aromatic heterocycles. The van der Waals surface area contributed by atoms with Crippen LogP contribution in [0.4, 0.5) is 0 Å². The molecule has 0 aliphatic carbocycles. The maximum atomic E-state index is 11.7. The van der Waals surface area contributed by atoms with Crippen LogP contribution in [0, 0.1) is 0 Å². The van der Waals surface area contributed by atoms with Crippen molar-refractivity contribution in [3.63, 3.8) is 0 Å². The Morgan fingerprint density at radius 2 is 1.85 bits per heavy atom. The molecule has 6 heteroatoms. The van der Waals surface area contributed by atoms with Crippen molar-refractivity contribution >= 4 is 15.7 Å². The van der Waals surface area contributed by atoms with Crippen LogP contribution in [0.25, 0.3) is 0 Å². The standard InChI is InChI=1S/C14H21NO4S/c1-4-19-10-14(16)15-11(3)12-6-8-13(9-7-12)20(17,18)5-2/h6-9,11H,4-5,10H2,1-3H3,(H,15,16). The lowest BCUT2D eigenvalue weighted by atomic mass is 10.1. The first kappa shape index (κ1) is 16.7. The van der Waals surface area contributed by atoms with Gasteiger partial charge in [-0.1, -0.05) is 19.1 Å². The number of sulfone groups is 1. The van der Waals surface area contributed by atoms with Crippen LogP contribution in [0.5, 0.6) is 0 Å². The fourth-order valence-corrected chi connectivity index (χ4v) is 2.58. The van der Waals surface area contributed by atoms with Crippen molar-refractivity contribution < 1.29 is 17.9 Å². The minimum atomic E-state index is -3.18. The summed E-state index contributed by atoms with van der Waals surface area (Å²) in [6.45, 7) is 5.80. The molecule has 1 atom stereocenters. The van der Waals surface area contributed by atoms with E-state index < -0.39 is 9.84 Å². The van der Waals surface area contributed by atoms with Gasteiger partial charge < -0.3 is 10.1 Å². The van der Waals surface area contributed by atoms with Crippen molar-refractivity contribution in [2.24, 2.45) is 0 Å². The first-order valence-corrected chi connectivity index (χ1v) is 8.25. The summed E-state index contributed by atoms with van der Waals surface area (Å²) < 4.78 is 28.4. The molecule has 1 amide bonds. The molecule has 1 aromatic rings. The molecular formula is C14H21NO4S. The molecule has 0 saturated carbocycles. The van der Waals surface area contributed by atoms with E-state index in [1.165, 1.54) is 0 Å². The Bertz CT molecular complexity index is 537. The van der Waals surface area contributed by atoms with Crippen LogP contribution in [0.15, 0.2) is 29.2 Å². The molecular weight excluding hydrogens is 278 g/mol. The van der Waals surface area contributed by atoms with E-state index >= 15 is 0 Å². The summed E-state index contributed by atoms with van der Waals surface area (Å²) in [6.07, 6.45) is 0. The summed E-state index contributed by atoms with van der Waals surface area (Å²) in [5.74, 6) is -0.114. The molecule has 5 nitrogen and oxygen atoms in total. The van der Waals surface area contributed by atoms with E-state index in [0.717, 1.165) is 5.56 Å². The molecule has 0 aliphatic rings. The highest BCUT2D eigenvalue weighted by atomic mass is 32.2. The third-order valence-corrected chi connectivity index (χ3v) is 4.68. The van der Waals surface area contributed by atoms with Gasteiger partial charge in [0.1, 0.15) is 6.61 Å². The molecule has 1 rings (SSSR count). The molecule has 1 aromatic carbocycles. The van der Waals surface area contributed by atoms with E-state index in [0.29, 0.717) is 11.5 Å². The predicted molar refractivity (Wildman–Crippen MR) is 77.2 cm³/mol. The first-order valence-electron chi connectivity index (χ1n) is 6.60. The Morgan fingerprint density at radius 3 is 2.35 bits per heavy atom. The molecule has 0 radical (unpaired) electrons. The van der Waals surface area contributed by atoms with Crippen molar-refractivity contribution in [1.29, 1.82) is 0 Å². The number of ether oxygens (including phenoxy) is 1. The number of hydrogen-bond acceptors (Lipinski definition) is 4. The van der Waals surface area contributed by atoms with Gasteiger partial charge >= 0.3 is 0 Å². The Kier molecular flexibility index (Phi) is 6.16.